The van der Waals surface area contributed by atoms with E-state index in [0.717, 1.165) is 12.0 Å². The summed E-state index contributed by atoms with van der Waals surface area (Å²) in [6, 6.07) is 4.71. The lowest BCUT2D eigenvalue weighted by atomic mass is 10.1. The van der Waals surface area contributed by atoms with Gasteiger partial charge in [-0.1, -0.05) is 26.0 Å². The summed E-state index contributed by atoms with van der Waals surface area (Å²) in [5.74, 6) is -1.05. The molecule has 0 radical (unpaired) electrons. The predicted octanol–water partition coefficient (Wildman–Crippen LogP) is 2.61. The van der Waals surface area contributed by atoms with Gasteiger partial charge < -0.3 is 15.7 Å². The number of aryl methyl sites for hydroxylation is 1. The summed E-state index contributed by atoms with van der Waals surface area (Å²) >= 11 is 0. The van der Waals surface area contributed by atoms with Crippen LogP contribution in [0.5, 0.6) is 0 Å². The first-order valence-corrected chi connectivity index (χ1v) is 6.22. The maximum atomic E-state index is 11.9. The van der Waals surface area contributed by atoms with Gasteiger partial charge in [0.1, 0.15) is 0 Å². The lowest BCUT2D eigenvalue weighted by Crippen LogP contribution is -2.33. The molecule has 1 aromatic carbocycles. The zero-order valence-corrected chi connectivity index (χ0v) is 11.3. The van der Waals surface area contributed by atoms with Crippen LogP contribution in [0.25, 0.3) is 0 Å². The van der Waals surface area contributed by atoms with Crippen molar-refractivity contribution in [3.8, 4) is 0 Å². The van der Waals surface area contributed by atoms with E-state index in [-0.39, 0.29) is 23.1 Å². The van der Waals surface area contributed by atoms with Crippen molar-refractivity contribution >= 4 is 17.7 Å². The minimum atomic E-state index is -1.05. The number of rotatable bonds is 3. The molecule has 5 nitrogen and oxygen atoms in total. The first-order valence-electron chi connectivity index (χ1n) is 6.22. The number of aromatic carboxylic acids is 1. The minimum Gasteiger partial charge on any atom is -0.478 e. The van der Waals surface area contributed by atoms with Crippen LogP contribution in [0.1, 0.15) is 36.2 Å². The Labute approximate surface area is 112 Å². The molecule has 1 atom stereocenters. The molecule has 0 aromatic heterocycles. The van der Waals surface area contributed by atoms with Crippen LogP contribution in [0.4, 0.5) is 10.5 Å². The Bertz CT molecular complexity index is 537. The number of carboxylic acids is 1. The number of benzene rings is 1. The maximum absolute atomic E-state index is 11.9. The van der Waals surface area contributed by atoms with Crippen LogP contribution in [0, 0.1) is 12.3 Å². The second kappa shape index (κ2) is 4.57. The Kier molecular flexibility index (Phi) is 3.22. The van der Waals surface area contributed by atoms with E-state index in [1.807, 2.05) is 0 Å². The number of anilines is 1. The van der Waals surface area contributed by atoms with E-state index in [4.69, 9.17) is 5.11 Å². The molecule has 0 spiro atoms. The molecule has 5 heteroatoms. The highest BCUT2D eigenvalue weighted by Crippen LogP contribution is 2.44. The molecule has 0 bridgehead atoms. The maximum Gasteiger partial charge on any atom is 0.337 e. The van der Waals surface area contributed by atoms with Gasteiger partial charge >= 0.3 is 12.0 Å². The smallest absolute Gasteiger partial charge is 0.337 e. The second-order valence-electron chi connectivity index (χ2n) is 5.65. The van der Waals surface area contributed by atoms with Gasteiger partial charge in [0.15, 0.2) is 0 Å². The number of para-hydroxylation sites is 1. The summed E-state index contributed by atoms with van der Waals surface area (Å²) in [5.41, 5.74) is 1.32. The summed E-state index contributed by atoms with van der Waals surface area (Å²) in [6.45, 7) is 5.92. The molecule has 1 fully saturated rings. The Morgan fingerprint density at radius 3 is 2.53 bits per heavy atom. The summed E-state index contributed by atoms with van der Waals surface area (Å²) in [5, 5.41) is 14.6. The highest BCUT2D eigenvalue weighted by atomic mass is 16.4. The van der Waals surface area contributed by atoms with Crippen molar-refractivity contribution < 1.29 is 14.7 Å². The molecule has 19 heavy (non-hydrogen) atoms. The molecule has 3 N–H and O–H groups in total. The van der Waals surface area contributed by atoms with Gasteiger partial charge in [-0.2, -0.15) is 0 Å². The quantitative estimate of drug-likeness (QED) is 0.783. The van der Waals surface area contributed by atoms with E-state index in [2.05, 4.69) is 24.5 Å². The standard InChI is InChI=1S/C14H18N2O3/c1-8-5-4-6-9(12(17)18)11(8)16-13(19)15-10-7-14(10,2)3/h4-6,10H,7H2,1-3H3,(H,17,18)(H2,15,16,19). The van der Waals surface area contributed by atoms with Crippen molar-refractivity contribution in [2.45, 2.75) is 33.2 Å². The molecule has 1 aromatic rings. The Hall–Kier alpha value is -2.04. The van der Waals surface area contributed by atoms with Gasteiger partial charge in [-0.25, -0.2) is 9.59 Å². The van der Waals surface area contributed by atoms with Crippen LogP contribution < -0.4 is 10.6 Å². The molecule has 0 heterocycles. The van der Waals surface area contributed by atoms with Crippen molar-refractivity contribution in [1.82, 2.24) is 5.32 Å². The van der Waals surface area contributed by atoms with Gasteiger partial charge in [0, 0.05) is 6.04 Å². The van der Waals surface area contributed by atoms with E-state index in [9.17, 15) is 9.59 Å². The largest absolute Gasteiger partial charge is 0.478 e. The number of carboxylic acid groups (broad SMARTS) is 1. The SMILES string of the molecule is Cc1cccc(C(=O)O)c1NC(=O)NC1CC1(C)C. The van der Waals surface area contributed by atoms with Crippen molar-refractivity contribution in [3.63, 3.8) is 0 Å². The number of amides is 2. The molecule has 1 aliphatic rings. The van der Waals surface area contributed by atoms with Gasteiger partial charge in [-0.15, -0.1) is 0 Å². The minimum absolute atomic E-state index is 0.102. The molecular weight excluding hydrogens is 244 g/mol. The Balaban J connectivity index is 2.10. The van der Waals surface area contributed by atoms with Crippen molar-refractivity contribution in [2.24, 2.45) is 5.41 Å². The fraction of sp³-hybridized carbons (Fsp3) is 0.429. The highest BCUT2D eigenvalue weighted by molar-refractivity contribution is 6.01. The second-order valence-corrected chi connectivity index (χ2v) is 5.65. The van der Waals surface area contributed by atoms with Crippen LogP contribution in [0.2, 0.25) is 0 Å². The Morgan fingerprint density at radius 2 is 2.00 bits per heavy atom. The van der Waals surface area contributed by atoms with E-state index < -0.39 is 5.97 Å². The fourth-order valence-electron chi connectivity index (χ4n) is 2.03. The highest BCUT2D eigenvalue weighted by Gasteiger charge is 2.46. The van der Waals surface area contributed by atoms with Crippen LogP contribution in [-0.4, -0.2) is 23.1 Å². The number of carbonyl (C=O) groups is 2. The molecule has 1 aliphatic carbocycles. The summed E-state index contributed by atoms with van der Waals surface area (Å²) < 4.78 is 0. The van der Waals surface area contributed by atoms with Crippen LogP contribution in [-0.2, 0) is 0 Å². The monoisotopic (exact) mass is 262 g/mol. The zero-order chi connectivity index (χ0) is 14.2. The van der Waals surface area contributed by atoms with E-state index >= 15 is 0 Å². The average molecular weight is 262 g/mol. The number of hydrogen-bond donors (Lipinski definition) is 3. The third kappa shape index (κ3) is 2.86. The molecule has 0 saturated heterocycles. The normalized spacial score (nSPS) is 19.6. The first kappa shape index (κ1) is 13.4. The van der Waals surface area contributed by atoms with E-state index in [1.165, 1.54) is 6.07 Å². The molecule has 102 valence electrons. The van der Waals surface area contributed by atoms with Crippen LogP contribution >= 0.6 is 0 Å². The average Bonchev–Trinajstić information content (AvgIpc) is 2.88. The van der Waals surface area contributed by atoms with Crippen LogP contribution in [0.3, 0.4) is 0 Å². The van der Waals surface area contributed by atoms with E-state index in [1.54, 1.807) is 19.1 Å². The number of carbonyl (C=O) groups excluding carboxylic acids is 1. The van der Waals surface area contributed by atoms with Gasteiger partial charge in [0.2, 0.25) is 0 Å². The fourth-order valence-corrected chi connectivity index (χ4v) is 2.03. The number of hydrogen-bond acceptors (Lipinski definition) is 2. The van der Waals surface area contributed by atoms with E-state index in [0.29, 0.717) is 5.69 Å². The lowest BCUT2D eigenvalue weighted by Gasteiger charge is -2.13. The molecule has 1 unspecified atom stereocenters. The van der Waals surface area contributed by atoms with Crippen molar-refractivity contribution in [2.75, 3.05) is 5.32 Å². The van der Waals surface area contributed by atoms with Crippen molar-refractivity contribution in [1.29, 1.82) is 0 Å². The van der Waals surface area contributed by atoms with Crippen LogP contribution in [0.15, 0.2) is 18.2 Å². The molecule has 1 saturated carbocycles. The first-order chi connectivity index (χ1) is 8.81. The summed E-state index contributed by atoms with van der Waals surface area (Å²) in [7, 11) is 0. The van der Waals surface area contributed by atoms with Gasteiger partial charge in [-0.3, -0.25) is 0 Å². The summed E-state index contributed by atoms with van der Waals surface area (Å²) in [4.78, 5) is 23.0. The van der Waals surface area contributed by atoms with Gasteiger partial charge in [0.05, 0.1) is 11.3 Å². The Morgan fingerprint density at radius 1 is 1.37 bits per heavy atom. The number of nitrogens with one attached hydrogen (secondary N) is 2. The van der Waals surface area contributed by atoms with Gasteiger partial charge in [-0.05, 0) is 30.4 Å². The molecule has 2 rings (SSSR count). The predicted molar refractivity (Wildman–Crippen MR) is 72.5 cm³/mol. The molecule has 0 aliphatic heterocycles. The van der Waals surface area contributed by atoms with Crippen molar-refractivity contribution in [3.05, 3.63) is 29.3 Å². The molecule has 2 amide bonds. The summed E-state index contributed by atoms with van der Waals surface area (Å²) in [6.07, 6.45) is 0.944. The number of urea groups is 1. The van der Waals surface area contributed by atoms with Gasteiger partial charge in [0.25, 0.3) is 0 Å². The third-order valence-corrected chi connectivity index (χ3v) is 3.56. The zero-order valence-electron chi connectivity index (χ0n) is 11.3. The third-order valence-electron chi connectivity index (χ3n) is 3.56. The lowest BCUT2D eigenvalue weighted by molar-refractivity contribution is 0.0698. The molecular formula is C14H18N2O3. The topological polar surface area (TPSA) is 78.4 Å².